The molecule has 0 saturated carbocycles. The fraction of sp³-hybridized carbons (Fsp3) is 0.375. The molecule has 21 heavy (non-hydrogen) atoms. The molecular weight excluding hydrogens is 266 g/mol. The molecular formula is C16H21N3O2. The van der Waals surface area contributed by atoms with Crippen molar-refractivity contribution in [2.75, 3.05) is 5.73 Å². The molecule has 0 unspecified atom stereocenters. The molecule has 0 bridgehead atoms. The molecule has 5 nitrogen and oxygen atoms in total. The summed E-state index contributed by atoms with van der Waals surface area (Å²) in [5.41, 5.74) is 8.66. The molecule has 0 spiro atoms. The molecule has 0 aliphatic heterocycles. The molecule has 112 valence electrons. The number of nitrogen functional groups attached to an aromatic ring is 1. The molecule has 5 heteroatoms. The summed E-state index contributed by atoms with van der Waals surface area (Å²) in [5, 5.41) is 13.8. The Morgan fingerprint density at radius 3 is 2.57 bits per heavy atom. The van der Waals surface area contributed by atoms with Crippen molar-refractivity contribution in [1.82, 2.24) is 9.78 Å². The number of rotatable bonds is 4. The molecule has 0 aliphatic rings. The van der Waals surface area contributed by atoms with E-state index in [1.165, 1.54) is 10.7 Å². The molecule has 0 saturated heterocycles. The maximum atomic E-state index is 11.9. The molecule has 0 aliphatic carbocycles. The van der Waals surface area contributed by atoms with Crippen molar-refractivity contribution in [1.29, 1.82) is 0 Å². The minimum Gasteiger partial charge on any atom is -0.397 e. The van der Waals surface area contributed by atoms with Gasteiger partial charge in [-0.3, -0.25) is 4.79 Å². The SMILES string of the molecule is CC(C)c1ccccc1-c1nn(C[C@H](C)O)c(=O)cc1N. The third-order valence-corrected chi connectivity index (χ3v) is 3.30. The number of benzene rings is 1. The van der Waals surface area contributed by atoms with Crippen LogP contribution >= 0.6 is 0 Å². The first-order chi connectivity index (χ1) is 9.90. The van der Waals surface area contributed by atoms with Crippen molar-refractivity contribution < 1.29 is 5.11 Å². The summed E-state index contributed by atoms with van der Waals surface area (Å²) in [6.07, 6.45) is -0.646. The number of anilines is 1. The lowest BCUT2D eigenvalue weighted by molar-refractivity contribution is 0.166. The van der Waals surface area contributed by atoms with Crippen LogP contribution in [0.4, 0.5) is 5.69 Å². The molecule has 1 aromatic carbocycles. The Hall–Kier alpha value is -2.14. The summed E-state index contributed by atoms with van der Waals surface area (Å²) < 4.78 is 1.26. The minimum absolute atomic E-state index is 0.149. The molecule has 0 fully saturated rings. The van der Waals surface area contributed by atoms with Crippen LogP contribution in [0, 0.1) is 0 Å². The normalized spacial score (nSPS) is 12.6. The first-order valence-electron chi connectivity index (χ1n) is 7.05. The van der Waals surface area contributed by atoms with Crippen LogP contribution in [0.2, 0.25) is 0 Å². The quantitative estimate of drug-likeness (QED) is 0.901. The molecule has 1 atom stereocenters. The highest BCUT2D eigenvalue weighted by Crippen LogP contribution is 2.30. The number of aromatic nitrogens is 2. The van der Waals surface area contributed by atoms with Crippen LogP contribution in [0.1, 0.15) is 32.3 Å². The number of aliphatic hydroxyl groups is 1. The molecule has 0 radical (unpaired) electrons. The maximum absolute atomic E-state index is 11.9. The van der Waals surface area contributed by atoms with E-state index < -0.39 is 6.10 Å². The van der Waals surface area contributed by atoms with Gasteiger partial charge in [0, 0.05) is 11.6 Å². The zero-order chi connectivity index (χ0) is 15.6. The van der Waals surface area contributed by atoms with Gasteiger partial charge in [0.05, 0.1) is 18.3 Å². The molecule has 0 amide bonds. The highest BCUT2D eigenvalue weighted by Gasteiger charge is 2.14. The number of nitrogens with zero attached hydrogens (tertiary/aromatic N) is 2. The highest BCUT2D eigenvalue weighted by molar-refractivity contribution is 5.74. The number of hydrogen-bond acceptors (Lipinski definition) is 4. The van der Waals surface area contributed by atoms with Crippen molar-refractivity contribution >= 4 is 5.69 Å². The summed E-state index contributed by atoms with van der Waals surface area (Å²) in [6.45, 7) is 5.96. The van der Waals surface area contributed by atoms with E-state index in [1.807, 2.05) is 24.3 Å². The average molecular weight is 287 g/mol. The maximum Gasteiger partial charge on any atom is 0.268 e. The lowest BCUT2D eigenvalue weighted by Gasteiger charge is -2.15. The van der Waals surface area contributed by atoms with Crippen LogP contribution in [-0.2, 0) is 6.54 Å². The predicted octanol–water partition coefficient (Wildman–Crippen LogP) is 2.00. The molecule has 1 heterocycles. The van der Waals surface area contributed by atoms with Gasteiger partial charge in [0.25, 0.3) is 5.56 Å². The van der Waals surface area contributed by atoms with Crippen molar-refractivity contribution in [3.8, 4) is 11.3 Å². The van der Waals surface area contributed by atoms with Gasteiger partial charge in [-0.1, -0.05) is 38.1 Å². The molecule has 2 aromatic rings. The predicted molar refractivity (Wildman–Crippen MR) is 84.1 cm³/mol. The zero-order valence-corrected chi connectivity index (χ0v) is 12.6. The van der Waals surface area contributed by atoms with Crippen LogP contribution in [0.15, 0.2) is 35.1 Å². The second kappa shape index (κ2) is 6.10. The Balaban J connectivity index is 2.61. The highest BCUT2D eigenvalue weighted by atomic mass is 16.3. The molecule has 3 N–H and O–H groups in total. The lowest BCUT2D eigenvalue weighted by Crippen LogP contribution is -2.28. The van der Waals surface area contributed by atoms with Crippen LogP contribution in [0.3, 0.4) is 0 Å². The number of aliphatic hydroxyl groups excluding tert-OH is 1. The molecule has 1 aromatic heterocycles. The monoisotopic (exact) mass is 287 g/mol. The van der Waals surface area contributed by atoms with Gasteiger partial charge in [-0.2, -0.15) is 5.10 Å². The summed E-state index contributed by atoms with van der Waals surface area (Å²) in [6, 6.07) is 9.24. The standard InChI is InChI=1S/C16H21N3O2/c1-10(2)12-6-4-5-7-13(12)16-14(17)8-15(21)19(18-16)9-11(3)20/h4-8,10-11,20H,9,17H2,1-3H3/t11-/m0/s1. The van der Waals surface area contributed by atoms with Crippen molar-refractivity contribution in [2.24, 2.45) is 0 Å². The Bertz CT molecular complexity index is 690. The largest absolute Gasteiger partial charge is 0.397 e. The van der Waals surface area contributed by atoms with Gasteiger partial charge < -0.3 is 10.8 Å². The second-order valence-corrected chi connectivity index (χ2v) is 5.56. The van der Waals surface area contributed by atoms with Gasteiger partial charge in [0.1, 0.15) is 5.69 Å². The fourth-order valence-electron chi connectivity index (χ4n) is 2.31. The fourth-order valence-corrected chi connectivity index (χ4v) is 2.31. The summed E-state index contributed by atoms with van der Waals surface area (Å²) in [5.74, 6) is 0.319. The Labute approximate surface area is 124 Å². The average Bonchev–Trinajstić information content (AvgIpc) is 2.41. The van der Waals surface area contributed by atoms with Crippen LogP contribution in [0.5, 0.6) is 0 Å². The van der Waals surface area contributed by atoms with E-state index in [-0.39, 0.29) is 12.1 Å². The van der Waals surface area contributed by atoms with E-state index in [0.717, 1.165) is 11.1 Å². The van der Waals surface area contributed by atoms with Gasteiger partial charge >= 0.3 is 0 Å². The third kappa shape index (κ3) is 3.31. The van der Waals surface area contributed by atoms with Crippen molar-refractivity contribution in [3.63, 3.8) is 0 Å². The summed E-state index contributed by atoms with van der Waals surface area (Å²) in [7, 11) is 0. The topological polar surface area (TPSA) is 81.1 Å². The first-order valence-corrected chi connectivity index (χ1v) is 7.05. The van der Waals surface area contributed by atoms with Gasteiger partial charge in [-0.05, 0) is 18.4 Å². The van der Waals surface area contributed by atoms with Gasteiger partial charge in [0.15, 0.2) is 0 Å². The number of nitrogens with two attached hydrogens (primary N) is 1. The second-order valence-electron chi connectivity index (χ2n) is 5.56. The van der Waals surface area contributed by atoms with Gasteiger partial charge in [-0.25, -0.2) is 4.68 Å². The minimum atomic E-state index is -0.646. The van der Waals surface area contributed by atoms with Gasteiger partial charge in [0.2, 0.25) is 0 Å². The van der Waals surface area contributed by atoms with Crippen molar-refractivity contribution in [2.45, 2.75) is 39.3 Å². The van der Waals surface area contributed by atoms with Crippen LogP contribution in [-0.4, -0.2) is 21.0 Å². The van der Waals surface area contributed by atoms with Crippen LogP contribution < -0.4 is 11.3 Å². The zero-order valence-electron chi connectivity index (χ0n) is 12.6. The van der Waals surface area contributed by atoms with E-state index in [1.54, 1.807) is 6.92 Å². The third-order valence-electron chi connectivity index (χ3n) is 3.30. The number of hydrogen-bond donors (Lipinski definition) is 2. The lowest BCUT2D eigenvalue weighted by atomic mass is 9.95. The Kier molecular flexibility index (Phi) is 4.43. The Morgan fingerprint density at radius 2 is 1.95 bits per heavy atom. The molecule has 2 rings (SSSR count). The summed E-state index contributed by atoms with van der Waals surface area (Å²) in [4.78, 5) is 11.9. The van der Waals surface area contributed by atoms with Crippen LogP contribution in [0.25, 0.3) is 11.3 Å². The van der Waals surface area contributed by atoms with E-state index in [9.17, 15) is 9.90 Å². The van der Waals surface area contributed by atoms with E-state index in [0.29, 0.717) is 17.3 Å². The smallest absolute Gasteiger partial charge is 0.268 e. The van der Waals surface area contributed by atoms with E-state index in [2.05, 4.69) is 18.9 Å². The van der Waals surface area contributed by atoms with Crippen molar-refractivity contribution in [3.05, 3.63) is 46.2 Å². The summed E-state index contributed by atoms with van der Waals surface area (Å²) >= 11 is 0. The van der Waals surface area contributed by atoms with E-state index in [4.69, 9.17) is 5.73 Å². The van der Waals surface area contributed by atoms with Gasteiger partial charge in [-0.15, -0.1) is 0 Å². The van der Waals surface area contributed by atoms with E-state index >= 15 is 0 Å². The first kappa shape index (κ1) is 15.3. The Morgan fingerprint density at radius 1 is 1.29 bits per heavy atom.